The van der Waals surface area contributed by atoms with Gasteiger partial charge in [-0.25, -0.2) is 0 Å². The van der Waals surface area contributed by atoms with E-state index in [4.69, 9.17) is 11.5 Å². The van der Waals surface area contributed by atoms with Crippen LogP contribution in [0.25, 0.3) is 0 Å². The molecule has 0 heterocycles. The Morgan fingerprint density at radius 3 is 2.07 bits per heavy atom. The monoisotopic (exact) mass is 242 g/mol. The van der Waals surface area contributed by atoms with E-state index in [0.29, 0.717) is 11.3 Å². The number of nitrogens with two attached hydrogens (primary N) is 2. The molecule has 2 nitrogen and oxygen atoms in total. The third-order valence-corrected chi connectivity index (χ3v) is 1.78. The van der Waals surface area contributed by atoms with Gasteiger partial charge in [-0.15, -0.1) is 0 Å². The van der Waals surface area contributed by atoms with E-state index in [2.05, 4.69) is 0 Å². The predicted octanol–water partition coefficient (Wildman–Crippen LogP) is -1.34. The summed E-state index contributed by atoms with van der Waals surface area (Å²) in [6.45, 7) is -4.62. The fraction of sp³-hybridized carbons (Fsp3) is 0.250. The second-order valence-electron chi connectivity index (χ2n) is 3.20. The molecular formula is C8H11BF3KN2. The van der Waals surface area contributed by atoms with Crippen molar-refractivity contribution in [2.45, 2.75) is 12.9 Å². The van der Waals surface area contributed by atoms with E-state index in [1.807, 2.05) is 0 Å². The molecule has 0 aromatic heterocycles. The van der Waals surface area contributed by atoms with Crippen molar-refractivity contribution in [2.75, 3.05) is 5.73 Å². The van der Waals surface area contributed by atoms with Gasteiger partial charge >= 0.3 is 58.4 Å². The van der Waals surface area contributed by atoms with Gasteiger partial charge in [0.1, 0.15) is 0 Å². The van der Waals surface area contributed by atoms with Gasteiger partial charge in [0.25, 0.3) is 0 Å². The minimum absolute atomic E-state index is 0. The Labute approximate surface area is 129 Å². The number of anilines is 1. The summed E-state index contributed by atoms with van der Waals surface area (Å²) < 4.78 is 36.3. The van der Waals surface area contributed by atoms with E-state index < -0.39 is 13.3 Å². The zero-order chi connectivity index (χ0) is 10.8. The number of benzene rings is 1. The molecule has 0 aliphatic rings. The molecule has 0 saturated carbocycles. The number of halogens is 3. The van der Waals surface area contributed by atoms with E-state index in [0.717, 1.165) is 0 Å². The second-order valence-corrected chi connectivity index (χ2v) is 3.20. The summed E-state index contributed by atoms with van der Waals surface area (Å²) >= 11 is 0. The van der Waals surface area contributed by atoms with Crippen LogP contribution in [0, 0.1) is 0 Å². The van der Waals surface area contributed by atoms with Gasteiger partial charge in [0.15, 0.2) is 0 Å². The van der Waals surface area contributed by atoms with Crippen LogP contribution in [0.4, 0.5) is 18.6 Å². The Kier molecular flexibility index (Phi) is 6.46. The molecule has 0 spiro atoms. The zero-order valence-electron chi connectivity index (χ0n) is 8.51. The molecule has 0 atom stereocenters. The van der Waals surface area contributed by atoms with E-state index in [1.54, 1.807) is 6.07 Å². The van der Waals surface area contributed by atoms with Crippen LogP contribution in [0.15, 0.2) is 18.2 Å². The van der Waals surface area contributed by atoms with Crippen LogP contribution >= 0.6 is 0 Å². The van der Waals surface area contributed by atoms with Gasteiger partial charge in [0.2, 0.25) is 0 Å². The van der Waals surface area contributed by atoms with Gasteiger partial charge < -0.3 is 24.4 Å². The maximum atomic E-state index is 12.1. The van der Waals surface area contributed by atoms with Crippen molar-refractivity contribution < 1.29 is 64.3 Å². The van der Waals surface area contributed by atoms with Crippen molar-refractivity contribution >= 4 is 12.7 Å². The summed E-state index contributed by atoms with van der Waals surface area (Å²) in [5.41, 5.74) is 11.9. The average Bonchev–Trinajstić information content (AvgIpc) is 1.99. The van der Waals surface area contributed by atoms with Gasteiger partial charge in [-0.1, -0.05) is 17.9 Å². The number of rotatable bonds is 3. The average molecular weight is 242 g/mol. The van der Waals surface area contributed by atoms with Crippen LogP contribution in [-0.2, 0) is 12.9 Å². The zero-order valence-corrected chi connectivity index (χ0v) is 11.6. The third-order valence-electron chi connectivity index (χ3n) is 1.78. The first-order valence-corrected chi connectivity index (χ1v) is 4.20. The van der Waals surface area contributed by atoms with Crippen LogP contribution < -0.4 is 62.9 Å². The SMILES string of the molecule is NCc1cc(N)cc(C[B-](F)(F)F)c1.[K+]. The molecule has 0 amide bonds. The Morgan fingerprint density at radius 2 is 1.60 bits per heavy atom. The van der Waals surface area contributed by atoms with Gasteiger partial charge in [0.05, 0.1) is 0 Å². The molecule has 1 aromatic carbocycles. The van der Waals surface area contributed by atoms with Gasteiger partial charge in [-0.3, -0.25) is 0 Å². The molecular weight excluding hydrogens is 231 g/mol. The second kappa shape index (κ2) is 6.27. The van der Waals surface area contributed by atoms with Crippen LogP contribution in [0.2, 0.25) is 0 Å². The fourth-order valence-corrected chi connectivity index (χ4v) is 1.29. The first kappa shape index (κ1) is 15.5. The van der Waals surface area contributed by atoms with Crippen molar-refractivity contribution in [3.8, 4) is 0 Å². The van der Waals surface area contributed by atoms with Crippen LogP contribution in [0.5, 0.6) is 0 Å². The molecule has 0 unspecified atom stereocenters. The molecule has 0 radical (unpaired) electrons. The van der Waals surface area contributed by atoms with Crippen LogP contribution in [0.1, 0.15) is 11.1 Å². The maximum Gasteiger partial charge on any atom is 1.00 e. The third kappa shape index (κ3) is 5.94. The molecule has 0 fully saturated rings. The van der Waals surface area contributed by atoms with Crippen LogP contribution in [-0.4, -0.2) is 6.98 Å². The van der Waals surface area contributed by atoms with E-state index in [9.17, 15) is 12.9 Å². The summed E-state index contributed by atoms with van der Waals surface area (Å²) in [5.74, 6) is 0. The molecule has 1 aromatic rings. The number of nitrogen functional groups attached to an aromatic ring is 1. The van der Waals surface area contributed by atoms with Crippen LogP contribution in [0.3, 0.4) is 0 Å². The standard InChI is InChI=1S/C8H11BF3N2.K/c10-9(11,12)4-6-1-7(5-13)3-8(14)2-6;/h1-3H,4-5,13-14H2;/q-1;+1. The van der Waals surface area contributed by atoms with Crippen molar-refractivity contribution in [3.63, 3.8) is 0 Å². The number of hydrogen-bond acceptors (Lipinski definition) is 2. The maximum absolute atomic E-state index is 12.1. The molecule has 1 rings (SSSR count). The minimum atomic E-state index is -4.81. The smallest absolute Gasteiger partial charge is 0.449 e. The van der Waals surface area contributed by atoms with Crippen molar-refractivity contribution in [1.82, 2.24) is 0 Å². The summed E-state index contributed by atoms with van der Waals surface area (Å²) in [7, 11) is 0. The summed E-state index contributed by atoms with van der Waals surface area (Å²) in [6, 6.07) is 4.34. The molecule has 78 valence electrons. The van der Waals surface area contributed by atoms with E-state index in [-0.39, 0.29) is 63.5 Å². The summed E-state index contributed by atoms with van der Waals surface area (Å²) in [5, 5.41) is 0. The summed E-state index contributed by atoms with van der Waals surface area (Å²) in [4.78, 5) is 0. The van der Waals surface area contributed by atoms with Crippen molar-refractivity contribution in [1.29, 1.82) is 0 Å². The Hall–Kier alpha value is 0.471. The van der Waals surface area contributed by atoms with Crippen molar-refractivity contribution in [3.05, 3.63) is 29.3 Å². The van der Waals surface area contributed by atoms with Crippen molar-refractivity contribution in [2.24, 2.45) is 5.73 Å². The van der Waals surface area contributed by atoms with Gasteiger partial charge in [0, 0.05) is 12.2 Å². The Morgan fingerprint density at radius 1 is 1.07 bits per heavy atom. The molecule has 7 heteroatoms. The number of hydrogen-bond donors (Lipinski definition) is 2. The summed E-state index contributed by atoms with van der Waals surface area (Å²) in [6.07, 6.45) is -0.905. The fourth-order valence-electron chi connectivity index (χ4n) is 1.29. The molecule has 0 aliphatic heterocycles. The quantitative estimate of drug-likeness (QED) is 0.509. The van der Waals surface area contributed by atoms with E-state index >= 15 is 0 Å². The normalized spacial score (nSPS) is 10.9. The molecule has 0 saturated heterocycles. The topological polar surface area (TPSA) is 52.0 Å². The Bertz CT molecular complexity index is 330. The van der Waals surface area contributed by atoms with E-state index in [1.165, 1.54) is 12.1 Å². The molecule has 0 bridgehead atoms. The van der Waals surface area contributed by atoms with Gasteiger partial charge in [-0.05, 0) is 17.7 Å². The molecule has 15 heavy (non-hydrogen) atoms. The Balaban J connectivity index is 0.00000196. The first-order chi connectivity index (χ1) is 6.40. The molecule has 4 N–H and O–H groups in total. The predicted molar refractivity (Wildman–Crippen MR) is 51.5 cm³/mol. The minimum Gasteiger partial charge on any atom is -0.449 e. The van der Waals surface area contributed by atoms with Gasteiger partial charge in [-0.2, -0.15) is 0 Å². The first-order valence-electron chi connectivity index (χ1n) is 4.20. The molecule has 0 aliphatic carbocycles. The largest absolute Gasteiger partial charge is 1.00 e.